The summed E-state index contributed by atoms with van der Waals surface area (Å²) in [6, 6.07) is 0. The van der Waals surface area contributed by atoms with Gasteiger partial charge in [-0.15, -0.1) is 0 Å². The molecule has 26 heavy (non-hydrogen) atoms. The molecule has 3 aliphatic rings. The number of hydrogen-bond donors (Lipinski definition) is 0. The minimum absolute atomic E-state index is 0.0683. The van der Waals surface area contributed by atoms with Crippen LogP contribution in [0.3, 0.4) is 0 Å². The quantitative estimate of drug-likeness (QED) is 0.806. The number of likely N-dealkylation sites (N-methyl/N-ethyl adjacent to an activating group) is 1. The van der Waals surface area contributed by atoms with Crippen molar-refractivity contribution >= 4 is 11.8 Å². The molecule has 1 aliphatic heterocycles. The minimum atomic E-state index is -0.0683. The predicted octanol–water partition coefficient (Wildman–Crippen LogP) is 2.48. The van der Waals surface area contributed by atoms with Gasteiger partial charge in [-0.3, -0.25) is 9.59 Å². The van der Waals surface area contributed by atoms with Crippen LogP contribution >= 0.6 is 0 Å². The van der Waals surface area contributed by atoms with E-state index in [1.54, 1.807) is 16.8 Å². The number of rotatable bonds is 5. The van der Waals surface area contributed by atoms with Crippen molar-refractivity contribution in [3.63, 3.8) is 0 Å². The highest BCUT2D eigenvalue weighted by molar-refractivity contribution is 5.86. The van der Waals surface area contributed by atoms with E-state index in [9.17, 15) is 9.59 Å². The molecule has 0 aromatic carbocycles. The van der Waals surface area contributed by atoms with Crippen molar-refractivity contribution in [1.82, 2.24) is 19.9 Å². The van der Waals surface area contributed by atoms with E-state index < -0.39 is 0 Å². The van der Waals surface area contributed by atoms with Gasteiger partial charge in [0.05, 0.1) is 13.1 Å². The molecular formula is C19H28N4O3. The van der Waals surface area contributed by atoms with E-state index in [1.807, 2.05) is 0 Å². The summed E-state index contributed by atoms with van der Waals surface area (Å²) in [5, 5.41) is 4.00. The summed E-state index contributed by atoms with van der Waals surface area (Å²) in [6.07, 6.45) is 9.95. The average Bonchev–Trinajstić information content (AvgIpc) is 3.12. The van der Waals surface area contributed by atoms with Crippen LogP contribution in [-0.4, -0.2) is 51.9 Å². The third-order valence-electron chi connectivity index (χ3n) is 6.39. The molecule has 2 heterocycles. The number of carbonyl (C=O) groups excluding carboxylic acids is 2. The highest BCUT2D eigenvalue weighted by atomic mass is 16.5. The lowest BCUT2D eigenvalue weighted by atomic mass is 9.73. The summed E-state index contributed by atoms with van der Waals surface area (Å²) in [5.74, 6) is 1.69. The lowest BCUT2D eigenvalue weighted by Crippen LogP contribution is -2.40. The van der Waals surface area contributed by atoms with E-state index >= 15 is 0 Å². The Morgan fingerprint density at radius 1 is 1.27 bits per heavy atom. The van der Waals surface area contributed by atoms with Gasteiger partial charge in [0.2, 0.25) is 17.7 Å². The molecule has 7 heteroatoms. The van der Waals surface area contributed by atoms with Gasteiger partial charge >= 0.3 is 0 Å². The summed E-state index contributed by atoms with van der Waals surface area (Å²) in [5.41, 5.74) is 0.125. The summed E-state index contributed by atoms with van der Waals surface area (Å²) < 4.78 is 5.31. The minimum Gasteiger partial charge on any atom is -0.339 e. The van der Waals surface area contributed by atoms with Gasteiger partial charge in [-0.2, -0.15) is 4.98 Å². The smallest absolute Gasteiger partial charge is 0.242 e. The van der Waals surface area contributed by atoms with Crippen LogP contribution < -0.4 is 0 Å². The molecule has 142 valence electrons. The zero-order chi connectivity index (χ0) is 18.1. The highest BCUT2D eigenvalue weighted by Gasteiger charge is 2.44. The molecule has 0 N–H and O–H groups in total. The van der Waals surface area contributed by atoms with Gasteiger partial charge in [-0.05, 0) is 31.1 Å². The van der Waals surface area contributed by atoms with Crippen LogP contribution in [0, 0.1) is 5.41 Å². The largest absolute Gasteiger partial charge is 0.339 e. The van der Waals surface area contributed by atoms with Crippen molar-refractivity contribution in [2.75, 3.05) is 20.1 Å². The fourth-order valence-electron chi connectivity index (χ4n) is 4.50. The second-order valence-corrected chi connectivity index (χ2v) is 8.41. The number of amides is 2. The molecular weight excluding hydrogens is 332 g/mol. The number of hydrogen-bond acceptors (Lipinski definition) is 5. The molecule has 1 saturated heterocycles. The van der Waals surface area contributed by atoms with Gasteiger partial charge in [-0.25, -0.2) is 0 Å². The summed E-state index contributed by atoms with van der Waals surface area (Å²) >= 11 is 0. The Balaban J connectivity index is 1.31. The zero-order valence-electron chi connectivity index (χ0n) is 15.6. The van der Waals surface area contributed by atoms with Crippen LogP contribution in [0.15, 0.2) is 4.52 Å². The highest BCUT2D eigenvalue weighted by Crippen LogP contribution is 2.44. The van der Waals surface area contributed by atoms with E-state index in [-0.39, 0.29) is 23.8 Å². The van der Waals surface area contributed by atoms with Gasteiger partial charge in [0, 0.05) is 25.9 Å². The number of carbonyl (C=O) groups is 2. The molecule has 0 atom stereocenters. The van der Waals surface area contributed by atoms with Crippen LogP contribution in [0.25, 0.3) is 0 Å². The molecule has 0 radical (unpaired) electrons. The molecule has 0 bridgehead atoms. The van der Waals surface area contributed by atoms with E-state index in [4.69, 9.17) is 4.52 Å². The maximum Gasteiger partial charge on any atom is 0.242 e. The molecule has 1 spiro atoms. The van der Waals surface area contributed by atoms with Crippen molar-refractivity contribution in [3.8, 4) is 0 Å². The monoisotopic (exact) mass is 360 g/mol. The molecule has 1 aromatic heterocycles. The maximum absolute atomic E-state index is 12.6. The first-order valence-electron chi connectivity index (χ1n) is 9.89. The predicted molar refractivity (Wildman–Crippen MR) is 94.1 cm³/mol. The lowest BCUT2D eigenvalue weighted by molar-refractivity contribution is -0.137. The second kappa shape index (κ2) is 7.00. The van der Waals surface area contributed by atoms with E-state index in [1.165, 1.54) is 25.7 Å². The zero-order valence-corrected chi connectivity index (χ0v) is 15.6. The van der Waals surface area contributed by atoms with Crippen LogP contribution in [-0.2, 0) is 16.1 Å². The number of aromatic nitrogens is 2. The fraction of sp³-hybridized carbons (Fsp3) is 0.789. The standard InChI is InChI=1S/C19H28N4O3/c1-22(11-15-20-18(26-21-15)14-6-5-7-14)17(25)12-23-13-19(10-16(23)24)8-3-2-4-9-19/h14H,2-13H2,1H3. The van der Waals surface area contributed by atoms with Gasteiger partial charge in [0.15, 0.2) is 5.82 Å². The third-order valence-corrected chi connectivity index (χ3v) is 6.39. The van der Waals surface area contributed by atoms with Crippen molar-refractivity contribution in [2.24, 2.45) is 5.41 Å². The third kappa shape index (κ3) is 3.48. The number of nitrogens with zero attached hydrogens (tertiary/aromatic N) is 4. The summed E-state index contributed by atoms with van der Waals surface area (Å²) in [4.78, 5) is 32.7. The molecule has 2 saturated carbocycles. The molecule has 3 fully saturated rings. The molecule has 0 unspecified atom stereocenters. The van der Waals surface area contributed by atoms with Crippen molar-refractivity contribution in [2.45, 2.75) is 70.3 Å². The van der Waals surface area contributed by atoms with E-state index in [0.717, 1.165) is 32.2 Å². The Morgan fingerprint density at radius 2 is 2.04 bits per heavy atom. The van der Waals surface area contributed by atoms with Gasteiger partial charge in [0.25, 0.3) is 0 Å². The van der Waals surface area contributed by atoms with Gasteiger partial charge < -0.3 is 14.3 Å². The van der Waals surface area contributed by atoms with Crippen LogP contribution in [0.1, 0.15) is 75.4 Å². The molecule has 2 amide bonds. The Bertz CT molecular complexity index is 676. The van der Waals surface area contributed by atoms with Gasteiger partial charge in [0.1, 0.15) is 0 Å². The van der Waals surface area contributed by atoms with Crippen LogP contribution in [0.5, 0.6) is 0 Å². The Labute approximate surface area is 154 Å². The van der Waals surface area contributed by atoms with Crippen LogP contribution in [0.2, 0.25) is 0 Å². The Kier molecular flexibility index (Phi) is 4.71. The molecule has 7 nitrogen and oxygen atoms in total. The molecule has 4 rings (SSSR count). The topological polar surface area (TPSA) is 79.5 Å². The number of likely N-dealkylation sites (tertiary alicyclic amines) is 1. The normalized spacial score (nSPS) is 22.7. The summed E-state index contributed by atoms with van der Waals surface area (Å²) in [6.45, 7) is 1.21. The lowest BCUT2D eigenvalue weighted by Gasteiger charge is -2.32. The average molecular weight is 360 g/mol. The Hall–Kier alpha value is -1.92. The Morgan fingerprint density at radius 3 is 2.73 bits per heavy atom. The fourth-order valence-corrected chi connectivity index (χ4v) is 4.50. The van der Waals surface area contributed by atoms with Crippen molar-refractivity contribution in [3.05, 3.63) is 11.7 Å². The first kappa shape index (κ1) is 17.5. The SMILES string of the molecule is CN(Cc1noc(C2CCC2)n1)C(=O)CN1CC2(CCCCC2)CC1=O. The first-order valence-corrected chi connectivity index (χ1v) is 9.89. The first-order chi connectivity index (χ1) is 12.5. The molecule has 2 aliphatic carbocycles. The van der Waals surface area contributed by atoms with Gasteiger partial charge in [-0.1, -0.05) is 30.8 Å². The van der Waals surface area contributed by atoms with E-state index in [2.05, 4.69) is 10.1 Å². The van der Waals surface area contributed by atoms with Crippen molar-refractivity contribution in [1.29, 1.82) is 0 Å². The second-order valence-electron chi connectivity index (χ2n) is 8.41. The van der Waals surface area contributed by atoms with E-state index in [0.29, 0.717) is 30.6 Å². The summed E-state index contributed by atoms with van der Waals surface area (Å²) in [7, 11) is 1.73. The van der Waals surface area contributed by atoms with Crippen molar-refractivity contribution < 1.29 is 14.1 Å². The molecule has 1 aromatic rings. The van der Waals surface area contributed by atoms with Crippen LogP contribution in [0.4, 0.5) is 0 Å². The maximum atomic E-state index is 12.6.